The van der Waals surface area contributed by atoms with E-state index in [2.05, 4.69) is 20.8 Å². The van der Waals surface area contributed by atoms with Gasteiger partial charge in [0.15, 0.2) is 0 Å². The Bertz CT molecular complexity index is 422. The molecule has 0 aromatic heterocycles. The average molecular weight is 327 g/mol. The van der Waals surface area contributed by atoms with Crippen LogP contribution in [0.5, 0.6) is 5.75 Å². The van der Waals surface area contributed by atoms with Crippen LogP contribution in [0.3, 0.4) is 0 Å². The summed E-state index contributed by atoms with van der Waals surface area (Å²) in [6.45, 7) is 4.58. The number of amides is 1. The molecule has 0 aliphatic carbocycles. The minimum absolute atomic E-state index is 0.0562. The molecule has 0 atom stereocenters. The summed E-state index contributed by atoms with van der Waals surface area (Å²) in [6.07, 6.45) is 1.01. The first-order valence-corrected chi connectivity index (χ1v) is 7.69. The van der Waals surface area contributed by atoms with Gasteiger partial charge in [-0.05, 0) is 37.2 Å². The van der Waals surface area contributed by atoms with Gasteiger partial charge in [-0.3, -0.25) is 4.79 Å². The lowest BCUT2D eigenvalue weighted by Crippen LogP contribution is -2.35. The Kier molecular flexibility index (Phi) is 5.22. The van der Waals surface area contributed by atoms with Crippen molar-refractivity contribution >= 4 is 21.8 Å². The van der Waals surface area contributed by atoms with E-state index in [1.807, 2.05) is 4.90 Å². The number of hydrogen-bond donors (Lipinski definition) is 1. The minimum Gasteiger partial charge on any atom is -0.508 e. The molecule has 0 spiro atoms. The molecule has 1 amide bonds. The van der Waals surface area contributed by atoms with Gasteiger partial charge in [0.25, 0.3) is 5.91 Å². The zero-order valence-corrected chi connectivity index (χ0v) is 12.5. The third kappa shape index (κ3) is 3.94. The highest BCUT2D eigenvalue weighted by Gasteiger charge is 2.19. The maximum Gasteiger partial charge on any atom is 0.253 e. The van der Waals surface area contributed by atoms with Crippen LogP contribution in [-0.4, -0.2) is 58.9 Å². The summed E-state index contributed by atoms with van der Waals surface area (Å²) in [5, 5.41) is 10.2. The lowest BCUT2D eigenvalue weighted by Gasteiger charge is -2.21. The second kappa shape index (κ2) is 6.91. The number of benzene rings is 1. The highest BCUT2D eigenvalue weighted by Crippen LogP contribution is 2.13. The van der Waals surface area contributed by atoms with E-state index in [1.54, 1.807) is 24.3 Å². The van der Waals surface area contributed by atoms with Gasteiger partial charge in [0.2, 0.25) is 0 Å². The molecule has 1 heterocycles. The Hall–Kier alpha value is -1.07. The maximum absolute atomic E-state index is 12.3. The Morgan fingerprint density at radius 2 is 1.89 bits per heavy atom. The Morgan fingerprint density at radius 3 is 2.58 bits per heavy atom. The van der Waals surface area contributed by atoms with Crippen molar-refractivity contribution in [2.24, 2.45) is 0 Å². The molecule has 5 heteroatoms. The molecule has 1 aromatic rings. The van der Waals surface area contributed by atoms with Gasteiger partial charge in [0.05, 0.1) is 0 Å². The van der Waals surface area contributed by atoms with Crippen LogP contribution in [0.25, 0.3) is 0 Å². The number of carbonyl (C=O) groups excluding carboxylic acids is 1. The lowest BCUT2D eigenvalue weighted by atomic mass is 10.2. The van der Waals surface area contributed by atoms with Gasteiger partial charge in [0, 0.05) is 37.1 Å². The number of alkyl halides is 1. The standard InChI is InChI=1S/C14H19BrN2O2/c15-6-9-16-7-1-8-17(11-10-16)14(19)12-2-4-13(18)5-3-12/h2-5,18H,1,6-11H2. The number of rotatable bonds is 3. The SMILES string of the molecule is O=C(c1ccc(O)cc1)N1CCCN(CCBr)CC1. The summed E-state index contributed by atoms with van der Waals surface area (Å²) in [7, 11) is 0. The van der Waals surface area contributed by atoms with E-state index in [4.69, 9.17) is 0 Å². The molecule has 104 valence electrons. The summed E-state index contributed by atoms with van der Waals surface area (Å²) >= 11 is 3.45. The van der Waals surface area contributed by atoms with Gasteiger partial charge >= 0.3 is 0 Å². The monoisotopic (exact) mass is 326 g/mol. The first-order valence-electron chi connectivity index (χ1n) is 6.57. The smallest absolute Gasteiger partial charge is 0.253 e. The van der Waals surface area contributed by atoms with Crippen LogP contribution in [0.15, 0.2) is 24.3 Å². The van der Waals surface area contributed by atoms with Gasteiger partial charge in [-0.15, -0.1) is 0 Å². The van der Waals surface area contributed by atoms with Crippen molar-refractivity contribution in [1.82, 2.24) is 9.80 Å². The fourth-order valence-electron chi connectivity index (χ4n) is 2.30. The van der Waals surface area contributed by atoms with Crippen molar-refractivity contribution < 1.29 is 9.90 Å². The molecule has 0 bridgehead atoms. The molecule has 2 rings (SSSR count). The van der Waals surface area contributed by atoms with Crippen molar-refractivity contribution in [2.75, 3.05) is 38.1 Å². The largest absolute Gasteiger partial charge is 0.508 e. The Balaban J connectivity index is 1.98. The van der Waals surface area contributed by atoms with Crippen molar-refractivity contribution in [3.8, 4) is 5.75 Å². The summed E-state index contributed by atoms with van der Waals surface area (Å²) in [5.74, 6) is 0.247. The van der Waals surface area contributed by atoms with E-state index in [0.717, 1.165) is 44.5 Å². The predicted molar refractivity (Wildman–Crippen MR) is 78.9 cm³/mol. The molecule has 1 aliphatic rings. The van der Waals surface area contributed by atoms with Gasteiger partial charge in [-0.1, -0.05) is 15.9 Å². The molecule has 0 radical (unpaired) electrons. The van der Waals surface area contributed by atoms with E-state index >= 15 is 0 Å². The van der Waals surface area contributed by atoms with E-state index < -0.39 is 0 Å². The van der Waals surface area contributed by atoms with E-state index in [-0.39, 0.29) is 11.7 Å². The first kappa shape index (κ1) is 14.3. The molecule has 0 saturated carbocycles. The average Bonchev–Trinajstić information content (AvgIpc) is 2.65. The van der Waals surface area contributed by atoms with E-state index in [9.17, 15) is 9.90 Å². The third-order valence-electron chi connectivity index (χ3n) is 3.39. The molecule has 19 heavy (non-hydrogen) atoms. The number of hydrogen-bond acceptors (Lipinski definition) is 3. The minimum atomic E-state index is 0.0562. The molecule has 0 unspecified atom stereocenters. The fraction of sp³-hybridized carbons (Fsp3) is 0.500. The quantitative estimate of drug-likeness (QED) is 0.863. The maximum atomic E-state index is 12.3. The molecule has 1 N–H and O–H groups in total. The summed E-state index contributed by atoms with van der Waals surface area (Å²) in [6, 6.07) is 6.47. The summed E-state index contributed by atoms with van der Waals surface area (Å²) in [4.78, 5) is 16.6. The zero-order chi connectivity index (χ0) is 13.7. The molecule has 1 aliphatic heterocycles. The summed E-state index contributed by atoms with van der Waals surface area (Å²) < 4.78 is 0. The molecule has 1 saturated heterocycles. The van der Waals surface area contributed by atoms with Crippen LogP contribution in [-0.2, 0) is 0 Å². The van der Waals surface area contributed by atoms with Crippen LogP contribution < -0.4 is 0 Å². The van der Waals surface area contributed by atoms with Crippen LogP contribution in [0.2, 0.25) is 0 Å². The molecule has 1 aromatic carbocycles. The molecule has 1 fully saturated rings. The zero-order valence-electron chi connectivity index (χ0n) is 10.9. The van der Waals surface area contributed by atoms with Gasteiger partial charge < -0.3 is 14.9 Å². The first-order chi connectivity index (χ1) is 9.20. The second-order valence-electron chi connectivity index (χ2n) is 4.72. The van der Waals surface area contributed by atoms with Gasteiger partial charge in [-0.25, -0.2) is 0 Å². The van der Waals surface area contributed by atoms with Gasteiger partial charge in [0.1, 0.15) is 5.75 Å². The third-order valence-corrected chi connectivity index (χ3v) is 3.75. The molecular weight excluding hydrogens is 308 g/mol. The predicted octanol–water partition coefficient (Wildman–Crippen LogP) is 1.94. The van der Waals surface area contributed by atoms with Gasteiger partial charge in [-0.2, -0.15) is 0 Å². The molecule has 4 nitrogen and oxygen atoms in total. The number of carbonyl (C=O) groups is 1. The van der Waals surface area contributed by atoms with Crippen molar-refractivity contribution in [3.63, 3.8) is 0 Å². The number of halogens is 1. The Morgan fingerprint density at radius 1 is 1.16 bits per heavy atom. The lowest BCUT2D eigenvalue weighted by molar-refractivity contribution is 0.0762. The van der Waals surface area contributed by atoms with Crippen LogP contribution >= 0.6 is 15.9 Å². The summed E-state index contributed by atoms with van der Waals surface area (Å²) in [5.41, 5.74) is 0.645. The van der Waals surface area contributed by atoms with Crippen LogP contribution in [0.1, 0.15) is 16.8 Å². The topological polar surface area (TPSA) is 43.8 Å². The normalized spacial score (nSPS) is 17.2. The fourth-order valence-corrected chi connectivity index (χ4v) is 2.81. The van der Waals surface area contributed by atoms with Crippen LogP contribution in [0.4, 0.5) is 0 Å². The van der Waals surface area contributed by atoms with E-state index in [1.165, 1.54) is 0 Å². The molecular formula is C14H19BrN2O2. The number of nitrogens with zero attached hydrogens (tertiary/aromatic N) is 2. The van der Waals surface area contributed by atoms with Crippen molar-refractivity contribution in [1.29, 1.82) is 0 Å². The highest BCUT2D eigenvalue weighted by molar-refractivity contribution is 9.09. The number of aromatic hydroxyl groups is 1. The van der Waals surface area contributed by atoms with Crippen molar-refractivity contribution in [2.45, 2.75) is 6.42 Å². The van der Waals surface area contributed by atoms with Crippen LogP contribution in [0, 0.1) is 0 Å². The number of phenolic OH excluding ortho intramolecular Hbond substituents is 1. The second-order valence-corrected chi connectivity index (χ2v) is 5.52. The Labute approximate surface area is 122 Å². The van der Waals surface area contributed by atoms with E-state index in [0.29, 0.717) is 5.56 Å². The number of phenols is 1. The highest BCUT2D eigenvalue weighted by atomic mass is 79.9. The van der Waals surface area contributed by atoms with Crippen molar-refractivity contribution in [3.05, 3.63) is 29.8 Å².